The Bertz CT molecular complexity index is 613. The largest absolute Gasteiger partial charge is 0.471 e. The molecule has 1 amide bonds. The van der Waals surface area contributed by atoms with E-state index in [2.05, 4.69) is 20.9 Å². The van der Waals surface area contributed by atoms with Crippen LogP contribution in [0, 0.1) is 0 Å². The number of aromatic nitrogens is 1. The third kappa shape index (κ3) is 2.61. The smallest absolute Gasteiger partial charge is 0.316 e. The van der Waals surface area contributed by atoms with Crippen molar-refractivity contribution in [3.05, 3.63) is 34.9 Å². The van der Waals surface area contributed by atoms with Crippen LogP contribution in [0.2, 0.25) is 0 Å². The molecule has 0 atom stereocenters. The monoisotopic (exact) mass is 318 g/mol. The van der Waals surface area contributed by atoms with E-state index in [1.54, 1.807) is 23.5 Å². The summed E-state index contributed by atoms with van der Waals surface area (Å²) in [5.41, 5.74) is 0.334. The van der Waals surface area contributed by atoms with Gasteiger partial charge >= 0.3 is 12.1 Å². The zero-order valence-electron chi connectivity index (χ0n) is 8.75. The van der Waals surface area contributed by atoms with Gasteiger partial charge in [0.2, 0.25) is 0 Å². The van der Waals surface area contributed by atoms with E-state index in [-0.39, 0.29) is 5.69 Å². The maximum Gasteiger partial charge on any atom is 0.471 e. The topological polar surface area (TPSA) is 42.0 Å². The lowest BCUT2D eigenvalue weighted by atomic mass is 10.2. The zero-order valence-corrected chi connectivity index (χ0v) is 10.3. The van der Waals surface area contributed by atoms with Crippen molar-refractivity contribution < 1.29 is 18.0 Å². The van der Waals surface area contributed by atoms with E-state index in [1.807, 2.05) is 0 Å². The van der Waals surface area contributed by atoms with Crippen molar-refractivity contribution in [1.29, 1.82) is 0 Å². The number of amides is 1. The lowest BCUT2D eigenvalue weighted by Gasteiger charge is -2.09. The molecule has 0 fully saturated rings. The summed E-state index contributed by atoms with van der Waals surface area (Å²) in [6, 6.07) is 6.30. The van der Waals surface area contributed by atoms with Gasteiger partial charge in [0.05, 0.1) is 11.2 Å². The van der Waals surface area contributed by atoms with Gasteiger partial charge in [-0.2, -0.15) is 13.2 Å². The van der Waals surface area contributed by atoms with Gasteiger partial charge in [-0.15, -0.1) is 0 Å². The van der Waals surface area contributed by atoms with Gasteiger partial charge in [-0.3, -0.25) is 9.78 Å². The Balaban J connectivity index is 2.43. The van der Waals surface area contributed by atoms with Gasteiger partial charge in [-0.25, -0.2) is 0 Å². The molecular weight excluding hydrogens is 313 g/mol. The van der Waals surface area contributed by atoms with Gasteiger partial charge in [-0.1, -0.05) is 12.1 Å². The minimum atomic E-state index is -4.92. The third-order valence-electron chi connectivity index (χ3n) is 2.18. The van der Waals surface area contributed by atoms with Crippen molar-refractivity contribution in [3.8, 4) is 0 Å². The lowest BCUT2D eigenvalue weighted by molar-refractivity contribution is -0.167. The average Bonchev–Trinajstić information content (AvgIpc) is 2.27. The second-order valence-electron chi connectivity index (χ2n) is 3.48. The highest BCUT2D eigenvalue weighted by Gasteiger charge is 2.38. The number of para-hydroxylation sites is 1. The number of halogens is 4. The summed E-state index contributed by atoms with van der Waals surface area (Å²) < 4.78 is 37.2. The summed E-state index contributed by atoms with van der Waals surface area (Å²) >= 11 is 3.21. The van der Waals surface area contributed by atoms with Gasteiger partial charge in [0, 0.05) is 16.1 Å². The van der Waals surface area contributed by atoms with E-state index in [1.165, 1.54) is 12.3 Å². The number of carbonyl (C=O) groups is 1. The Kier molecular flexibility index (Phi) is 3.25. The van der Waals surface area contributed by atoms with Crippen LogP contribution in [0.25, 0.3) is 10.9 Å². The van der Waals surface area contributed by atoms with Crippen LogP contribution in [0.5, 0.6) is 0 Å². The van der Waals surface area contributed by atoms with Crippen LogP contribution in [0.4, 0.5) is 18.9 Å². The van der Waals surface area contributed by atoms with E-state index in [0.29, 0.717) is 15.4 Å². The summed E-state index contributed by atoms with van der Waals surface area (Å²) in [5, 5.41) is 2.43. The van der Waals surface area contributed by atoms with Gasteiger partial charge in [0.15, 0.2) is 0 Å². The number of rotatable bonds is 1. The second kappa shape index (κ2) is 4.56. The first-order valence-corrected chi connectivity index (χ1v) is 5.59. The van der Waals surface area contributed by atoms with Gasteiger partial charge < -0.3 is 5.32 Å². The van der Waals surface area contributed by atoms with Crippen LogP contribution >= 0.6 is 15.9 Å². The molecule has 3 nitrogen and oxygen atoms in total. The van der Waals surface area contributed by atoms with Crippen molar-refractivity contribution in [2.75, 3.05) is 5.32 Å². The molecule has 0 aliphatic rings. The van der Waals surface area contributed by atoms with Crippen molar-refractivity contribution in [3.63, 3.8) is 0 Å². The third-order valence-corrected chi connectivity index (χ3v) is 2.62. The molecule has 0 bridgehead atoms. The Labute approximate surface area is 108 Å². The molecule has 94 valence electrons. The lowest BCUT2D eigenvalue weighted by Crippen LogP contribution is -2.30. The van der Waals surface area contributed by atoms with Crippen LogP contribution in [-0.4, -0.2) is 17.1 Å². The number of anilines is 1. The molecule has 1 heterocycles. The number of nitrogens with one attached hydrogen (secondary N) is 1. The van der Waals surface area contributed by atoms with Crippen LogP contribution in [0.15, 0.2) is 34.9 Å². The first kappa shape index (κ1) is 12.8. The quantitative estimate of drug-likeness (QED) is 0.874. The maximum atomic E-state index is 12.2. The number of fused-ring (bicyclic) bond motifs is 1. The zero-order chi connectivity index (χ0) is 13.3. The van der Waals surface area contributed by atoms with Crippen LogP contribution in [0.1, 0.15) is 0 Å². The summed E-state index contributed by atoms with van der Waals surface area (Å²) in [5.74, 6) is -2.01. The van der Waals surface area contributed by atoms with Gasteiger partial charge in [-0.05, 0) is 28.1 Å². The minimum Gasteiger partial charge on any atom is -0.316 e. The SMILES string of the molecule is O=C(Nc1cccc2cc(Br)cnc12)C(F)(F)F. The first-order chi connectivity index (χ1) is 8.38. The fourth-order valence-electron chi connectivity index (χ4n) is 1.43. The maximum absolute atomic E-state index is 12.2. The molecule has 0 saturated heterocycles. The fraction of sp³-hybridized carbons (Fsp3) is 0.0909. The molecule has 2 aromatic rings. The Morgan fingerprint density at radius 1 is 1.33 bits per heavy atom. The number of hydrogen-bond donors (Lipinski definition) is 1. The summed E-state index contributed by atoms with van der Waals surface area (Å²) in [6.07, 6.45) is -3.47. The summed E-state index contributed by atoms with van der Waals surface area (Å²) in [6.45, 7) is 0. The number of benzene rings is 1. The predicted molar refractivity (Wildman–Crippen MR) is 64.1 cm³/mol. The van der Waals surface area contributed by atoms with Gasteiger partial charge in [0.1, 0.15) is 0 Å². The van der Waals surface area contributed by atoms with Crippen molar-refractivity contribution in [2.24, 2.45) is 0 Å². The van der Waals surface area contributed by atoms with E-state index < -0.39 is 12.1 Å². The molecule has 0 aliphatic carbocycles. The molecule has 1 aromatic carbocycles. The predicted octanol–water partition coefficient (Wildman–Crippen LogP) is 3.50. The van der Waals surface area contributed by atoms with Crippen LogP contribution < -0.4 is 5.32 Å². The second-order valence-corrected chi connectivity index (χ2v) is 4.40. The molecule has 0 spiro atoms. The van der Waals surface area contributed by atoms with E-state index in [4.69, 9.17) is 0 Å². The van der Waals surface area contributed by atoms with Gasteiger partial charge in [0.25, 0.3) is 0 Å². The summed E-state index contributed by atoms with van der Waals surface area (Å²) in [7, 11) is 0. The molecule has 7 heteroatoms. The molecule has 0 radical (unpaired) electrons. The Morgan fingerprint density at radius 2 is 2.06 bits per heavy atom. The highest BCUT2D eigenvalue weighted by atomic mass is 79.9. The number of nitrogens with zero attached hydrogens (tertiary/aromatic N) is 1. The number of pyridine rings is 1. The highest BCUT2D eigenvalue weighted by Crippen LogP contribution is 2.25. The summed E-state index contributed by atoms with van der Waals surface area (Å²) in [4.78, 5) is 14.9. The molecule has 0 unspecified atom stereocenters. The molecule has 2 rings (SSSR count). The van der Waals surface area contributed by atoms with Crippen molar-refractivity contribution in [2.45, 2.75) is 6.18 Å². The number of carbonyl (C=O) groups excluding carboxylic acids is 1. The van der Waals surface area contributed by atoms with E-state index in [9.17, 15) is 18.0 Å². The number of hydrogen-bond acceptors (Lipinski definition) is 2. The number of alkyl halides is 3. The Morgan fingerprint density at radius 3 is 2.72 bits per heavy atom. The van der Waals surface area contributed by atoms with Crippen LogP contribution in [-0.2, 0) is 4.79 Å². The fourth-order valence-corrected chi connectivity index (χ4v) is 1.78. The van der Waals surface area contributed by atoms with Crippen molar-refractivity contribution >= 4 is 38.4 Å². The van der Waals surface area contributed by atoms with E-state index in [0.717, 1.165) is 0 Å². The first-order valence-electron chi connectivity index (χ1n) is 4.80. The molecular formula is C11H6BrF3N2O. The molecule has 1 aromatic heterocycles. The average molecular weight is 319 g/mol. The molecule has 0 aliphatic heterocycles. The standard InChI is InChI=1S/C11H6BrF3N2O/c12-7-4-6-2-1-3-8(9(6)16-5-7)17-10(18)11(13,14)15/h1-5H,(H,17,18). The minimum absolute atomic E-state index is 0.0299. The normalized spacial score (nSPS) is 11.6. The molecule has 18 heavy (non-hydrogen) atoms. The van der Waals surface area contributed by atoms with Crippen LogP contribution in [0.3, 0.4) is 0 Å². The van der Waals surface area contributed by atoms with E-state index >= 15 is 0 Å². The Hall–Kier alpha value is -1.63. The molecule has 1 N–H and O–H groups in total. The highest BCUT2D eigenvalue weighted by molar-refractivity contribution is 9.10. The molecule has 0 saturated carbocycles. The van der Waals surface area contributed by atoms with Crippen molar-refractivity contribution in [1.82, 2.24) is 4.98 Å².